The standard InChI is InChI=1S/C31H34Cl2N2O6S/c1-4-24(19-34(42(39)40)25-12-14-26(41-3)15-13-25)35-29(20-8-10-22(32)11-9-20)27(21-6-5-7-23(33)16-21)17-31(2,30(35)38)18-28(36)37/h5-16,24,27,29H,4,17-19H2,1-3H3,(H,36,37)(H,39,40)/t24-,27+,29+,31+/m0/s1. The first-order chi connectivity index (χ1) is 20.0. The third kappa shape index (κ3) is 6.92. The average molecular weight is 634 g/mol. The number of rotatable bonds is 11. The molecule has 1 fully saturated rings. The molecule has 0 saturated carbocycles. The van der Waals surface area contributed by atoms with E-state index >= 15 is 0 Å². The molecule has 3 aromatic rings. The van der Waals surface area contributed by atoms with Crippen LogP contribution in [0.3, 0.4) is 0 Å². The Kier molecular flexibility index (Phi) is 10.2. The maximum absolute atomic E-state index is 14.5. The molecule has 2 N–H and O–H groups in total. The fourth-order valence-corrected chi connectivity index (χ4v) is 6.82. The number of aliphatic carboxylic acids is 1. The van der Waals surface area contributed by atoms with Crippen LogP contribution in [0.15, 0.2) is 72.8 Å². The van der Waals surface area contributed by atoms with Crippen molar-refractivity contribution >= 4 is 52.0 Å². The highest BCUT2D eigenvalue weighted by atomic mass is 35.5. The number of carboxylic acid groups (broad SMARTS) is 1. The summed E-state index contributed by atoms with van der Waals surface area (Å²) in [5.74, 6) is -1.13. The molecular formula is C31H34Cl2N2O6S. The molecule has 0 aromatic heterocycles. The van der Waals surface area contributed by atoms with Crippen LogP contribution in [0.25, 0.3) is 0 Å². The summed E-state index contributed by atoms with van der Waals surface area (Å²) in [7, 11) is 1.54. The minimum Gasteiger partial charge on any atom is -0.497 e. The van der Waals surface area contributed by atoms with E-state index in [0.29, 0.717) is 27.9 Å². The van der Waals surface area contributed by atoms with Crippen molar-refractivity contribution in [1.82, 2.24) is 4.90 Å². The SMILES string of the molecule is CC[C@@H](CN(c1ccc(OC)cc1)S(=O)O)N1C(=O)[C@@](C)(CC(=O)O)C[C@H](c2cccc(Cl)c2)[C@H]1c1ccc(Cl)cc1. The lowest BCUT2D eigenvalue weighted by Gasteiger charge is -2.52. The van der Waals surface area contributed by atoms with Crippen LogP contribution >= 0.6 is 23.2 Å². The zero-order valence-corrected chi connectivity index (χ0v) is 25.9. The molecule has 0 bridgehead atoms. The van der Waals surface area contributed by atoms with Gasteiger partial charge in [0, 0.05) is 16.0 Å². The Hall–Kier alpha value is -3.11. The molecule has 4 rings (SSSR count). The number of amides is 1. The normalized spacial score (nSPS) is 22.0. The van der Waals surface area contributed by atoms with E-state index in [1.165, 1.54) is 11.4 Å². The maximum atomic E-state index is 14.5. The van der Waals surface area contributed by atoms with Crippen LogP contribution in [0.1, 0.15) is 56.2 Å². The molecule has 11 heteroatoms. The van der Waals surface area contributed by atoms with Gasteiger partial charge in [-0.2, -0.15) is 0 Å². The molecule has 42 heavy (non-hydrogen) atoms. The number of anilines is 1. The summed E-state index contributed by atoms with van der Waals surface area (Å²) >= 11 is 10.2. The van der Waals surface area contributed by atoms with Crippen molar-refractivity contribution in [1.29, 1.82) is 0 Å². The van der Waals surface area contributed by atoms with Crippen molar-refractivity contribution < 1.29 is 28.2 Å². The number of benzene rings is 3. The number of ether oxygens (including phenoxy) is 1. The second kappa shape index (κ2) is 13.5. The van der Waals surface area contributed by atoms with Crippen molar-refractivity contribution in [2.45, 2.75) is 51.1 Å². The Balaban J connectivity index is 1.88. The van der Waals surface area contributed by atoms with Crippen molar-refractivity contribution in [3.8, 4) is 5.75 Å². The van der Waals surface area contributed by atoms with Gasteiger partial charge in [0.05, 0.1) is 43.3 Å². The molecule has 0 aliphatic carbocycles. The van der Waals surface area contributed by atoms with Gasteiger partial charge in [0.1, 0.15) is 5.75 Å². The average Bonchev–Trinajstić information content (AvgIpc) is 2.95. The molecule has 5 atom stereocenters. The topological polar surface area (TPSA) is 107 Å². The molecule has 3 aromatic carbocycles. The zero-order valence-electron chi connectivity index (χ0n) is 23.6. The Morgan fingerprint density at radius 2 is 1.76 bits per heavy atom. The molecular weight excluding hydrogens is 599 g/mol. The van der Waals surface area contributed by atoms with Crippen molar-refractivity contribution in [2.24, 2.45) is 5.41 Å². The monoisotopic (exact) mass is 632 g/mol. The predicted molar refractivity (Wildman–Crippen MR) is 165 cm³/mol. The van der Waals surface area contributed by atoms with E-state index < -0.39 is 34.7 Å². The first-order valence-corrected chi connectivity index (χ1v) is 15.4. The summed E-state index contributed by atoms with van der Waals surface area (Å²) in [6.07, 6.45) is 0.342. The molecule has 0 spiro atoms. The molecule has 0 radical (unpaired) electrons. The van der Waals surface area contributed by atoms with E-state index in [2.05, 4.69) is 0 Å². The van der Waals surface area contributed by atoms with E-state index in [4.69, 9.17) is 27.9 Å². The lowest BCUT2D eigenvalue weighted by Crippen LogP contribution is -2.58. The van der Waals surface area contributed by atoms with Crippen LogP contribution in [-0.4, -0.2) is 50.3 Å². The highest BCUT2D eigenvalue weighted by Gasteiger charge is 2.52. The number of hydrogen-bond acceptors (Lipinski definition) is 4. The van der Waals surface area contributed by atoms with Crippen LogP contribution in [-0.2, 0) is 20.9 Å². The Labute approximate surface area is 258 Å². The van der Waals surface area contributed by atoms with Crippen molar-refractivity contribution in [3.63, 3.8) is 0 Å². The van der Waals surface area contributed by atoms with Crippen LogP contribution in [0, 0.1) is 5.41 Å². The number of nitrogens with zero attached hydrogens (tertiary/aromatic N) is 2. The second-order valence-electron chi connectivity index (χ2n) is 10.8. The smallest absolute Gasteiger partial charge is 0.304 e. The Morgan fingerprint density at radius 3 is 2.31 bits per heavy atom. The molecule has 1 aliphatic heterocycles. The van der Waals surface area contributed by atoms with E-state index in [1.807, 2.05) is 37.3 Å². The molecule has 1 amide bonds. The van der Waals surface area contributed by atoms with Gasteiger partial charge < -0.3 is 14.7 Å². The van der Waals surface area contributed by atoms with Crippen molar-refractivity contribution in [3.05, 3.63) is 94.0 Å². The first-order valence-electron chi connectivity index (χ1n) is 13.6. The van der Waals surface area contributed by atoms with Crippen LogP contribution in [0.2, 0.25) is 10.0 Å². The molecule has 1 heterocycles. The summed E-state index contributed by atoms with van der Waals surface area (Å²) in [5, 5.41) is 10.9. The minimum absolute atomic E-state index is 0.0210. The second-order valence-corrected chi connectivity index (χ2v) is 12.5. The highest BCUT2D eigenvalue weighted by Crippen LogP contribution is 2.52. The number of likely N-dealkylation sites (tertiary alicyclic amines) is 1. The van der Waals surface area contributed by atoms with Gasteiger partial charge in [-0.15, -0.1) is 0 Å². The number of halogens is 2. The van der Waals surface area contributed by atoms with Crippen LogP contribution < -0.4 is 9.04 Å². The van der Waals surface area contributed by atoms with Gasteiger partial charge in [-0.25, -0.2) is 4.21 Å². The number of piperidine rings is 1. The molecule has 1 saturated heterocycles. The third-order valence-electron chi connectivity index (χ3n) is 7.92. The van der Waals surface area contributed by atoms with Gasteiger partial charge in [0.2, 0.25) is 5.91 Å². The van der Waals surface area contributed by atoms with E-state index in [1.54, 1.807) is 54.3 Å². The molecule has 1 unspecified atom stereocenters. The first kappa shape index (κ1) is 31.8. The lowest BCUT2D eigenvalue weighted by atomic mass is 9.67. The van der Waals surface area contributed by atoms with Crippen LogP contribution in [0.5, 0.6) is 5.75 Å². The summed E-state index contributed by atoms with van der Waals surface area (Å²) in [6.45, 7) is 3.61. The quantitative estimate of drug-likeness (QED) is 0.221. The summed E-state index contributed by atoms with van der Waals surface area (Å²) in [5.41, 5.74) is 0.916. The fraction of sp³-hybridized carbons (Fsp3) is 0.355. The lowest BCUT2D eigenvalue weighted by molar-refractivity contribution is -0.160. The maximum Gasteiger partial charge on any atom is 0.304 e. The summed E-state index contributed by atoms with van der Waals surface area (Å²) in [6, 6.07) is 20.3. The fourth-order valence-electron chi connectivity index (χ4n) is 5.89. The third-order valence-corrected chi connectivity index (χ3v) is 9.15. The molecule has 8 nitrogen and oxygen atoms in total. The van der Waals surface area contributed by atoms with E-state index in [9.17, 15) is 23.5 Å². The number of hydrogen-bond donors (Lipinski definition) is 2. The van der Waals surface area contributed by atoms with Gasteiger partial charge in [0.25, 0.3) is 11.3 Å². The van der Waals surface area contributed by atoms with E-state index in [0.717, 1.165) is 11.1 Å². The number of carbonyl (C=O) groups excluding carboxylic acids is 1. The summed E-state index contributed by atoms with van der Waals surface area (Å²) < 4.78 is 29.6. The molecule has 1 aliphatic rings. The summed E-state index contributed by atoms with van der Waals surface area (Å²) in [4.78, 5) is 28.3. The minimum atomic E-state index is -2.41. The van der Waals surface area contributed by atoms with E-state index in [-0.39, 0.29) is 31.2 Å². The molecule has 224 valence electrons. The van der Waals surface area contributed by atoms with Gasteiger partial charge in [-0.3, -0.25) is 18.4 Å². The zero-order chi connectivity index (χ0) is 30.6. The van der Waals surface area contributed by atoms with Gasteiger partial charge in [0.15, 0.2) is 0 Å². The highest BCUT2D eigenvalue weighted by molar-refractivity contribution is 7.80. The Morgan fingerprint density at radius 1 is 1.10 bits per heavy atom. The Bertz CT molecular complexity index is 1440. The van der Waals surface area contributed by atoms with Gasteiger partial charge >= 0.3 is 5.97 Å². The van der Waals surface area contributed by atoms with Crippen molar-refractivity contribution in [2.75, 3.05) is 18.0 Å². The predicted octanol–water partition coefficient (Wildman–Crippen LogP) is 6.96. The van der Waals surface area contributed by atoms with Gasteiger partial charge in [-0.05, 0) is 72.5 Å². The number of methoxy groups -OCH3 is 1. The number of carbonyl (C=O) groups is 2. The number of carboxylic acids is 1. The van der Waals surface area contributed by atoms with Gasteiger partial charge in [-0.1, -0.05) is 61.3 Å². The van der Waals surface area contributed by atoms with Crippen LogP contribution in [0.4, 0.5) is 5.69 Å². The largest absolute Gasteiger partial charge is 0.497 e.